The molecule has 0 atom stereocenters. The third-order valence-corrected chi connectivity index (χ3v) is 7.18. The Morgan fingerprint density at radius 1 is 0.969 bits per heavy atom. The van der Waals surface area contributed by atoms with Crippen LogP contribution < -0.4 is 4.72 Å². The van der Waals surface area contributed by atoms with E-state index in [4.69, 9.17) is 9.15 Å². The summed E-state index contributed by atoms with van der Waals surface area (Å²) in [5.41, 5.74) is 4.32. The van der Waals surface area contributed by atoms with Crippen molar-refractivity contribution in [3.8, 4) is 0 Å². The number of benzene rings is 2. The van der Waals surface area contributed by atoms with Gasteiger partial charge in [-0.3, -0.25) is 4.72 Å². The minimum Gasteiger partial charge on any atom is -0.462 e. The molecule has 6 nitrogen and oxygen atoms in total. The minimum atomic E-state index is -3.83. The fraction of sp³-hybridized carbons (Fsp3) is 0.400. The van der Waals surface area contributed by atoms with Gasteiger partial charge in [0.25, 0.3) is 10.0 Å². The van der Waals surface area contributed by atoms with Crippen molar-refractivity contribution in [2.75, 3.05) is 11.3 Å². The zero-order chi connectivity index (χ0) is 23.6. The van der Waals surface area contributed by atoms with Crippen LogP contribution in [0.2, 0.25) is 0 Å². The molecule has 1 aromatic heterocycles. The van der Waals surface area contributed by atoms with E-state index in [9.17, 15) is 13.2 Å². The van der Waals surface area contributed by atoms with Crippen molar-refractivity contribution in [3.05, 3.63) is 57.8 Å². The van der Waals surface area contributed by atoms with Gasteiger partial charge in [0.1, 0.15) is 16.9 Å². The van der Waals surface area contributed by atoms with Crippen molar-refractivity contribution in [1.82, 2.24) is 0 Å². The van der Waals surface area contributed by atoms with Gasteiger partial charge in [-0.05, 0) is 69.9 Å². The number of carbonyl (C=O) groups excluding carboxylic acids is 1. The number of hydrogen-bond donors (Lipinski definition) is 1. The first-order chi connectivity index (χ1) is 15.0. The van der Waals surface area contributed by atoms with Crippen LogP contribution in [0.5, 0.6) is 0 Å². The fourth-order valence-corrected chi connectivity index (χ4v) is 5.68. The molecule has 0 radical (unpaired) electrons. The molecule has 0 aliphatic carbocycles. The SMILES string of the molecule is CCCCCOC(=O)c1c(C)oc2cc(C)c(NS(=O)(=O)c3c(C)cc(C)cc3C)cc12. The Morgan fingerprint density at radius 2 is 1.62 bits per heavy atom. The summed E-state index contributed by atoms with van der Waals surface area (Å²) >= 11 is 0. The number of ether oxygens (including phenoxy) is 1. The predicted molar refractivity (Wildman–Crippen MR) is 127 cm³/mol. The number of fused-ring (bicyclic) bond motifs is 1. The van der Waals surface area contributed by atoms with Crippen LogP contribution in [0.25, 0.3) is 11.0 Å². The summed E-state index contributed by atoms with van der Waals surface area (Å²) in [5.74, 6) is -0.00893. The molecule has 0 unspecified atom stereocenters. The molecule has 0 aliphatic heterocycles. The molecular formula is C25H31NO5S. The van der Waals surface area contributed by atoms with Crippen molar-refractivity contribution in [2.24, 2.45) is 0 Å². The molecule has 2 aromatic carbocycles. The second-order valence-electron chi connectivity index (χ2n) is 8.37. The Kier molecular flexibility index (Phi) is 6.98. The van der Waals surface area contributed by atoms with Gasteiger partial charge >= 0.3 is 5.97 Å². The largest absolute Gasteiger partial charge is 0.462 e. The Labute approximate surface area is 190 Å². The predicted octanol–water partition coefficient (Wildman–Crippen LogP) is 6.12. The molecule has 0 aliphatic rings. The highest BCUT2D eigenvalue weighted by molar-refractivity contribution is 7.92. The van der Waals surface area contributed by atoms with Crippen LogP contribution in [0.4, 0.5) is 5.69 Å². The first kappa shape index (κ1) is 23.9. The molecule has 3 rings (SSSR count). The number of rotatable bonds is 8. The highest BCUT2D eigenvalue weighted by Gasteiger charge is 2.24. The van der Waals surface area contributed by atoms with E-state index >= 15 is 0 Å². The lowest BCUT2D eigenvalue weighted by Crippen LogP contribution is -2.16. The molecule has 0 fully saturated rings. The number of unbranched alkanes of at least 4 members (excludes halogenated alkanes) is 2. The zero-order valence-electron chi connectivity index (χ0n) is 19.6. The lowest BCUT2D eigenvalue weighted by Gasteiger charge is -2.15. The lowest BCUT2D eigenvalue weighted by atomic mass is 10.1. The molecule has 3 aromatic rings. The highest BCUT2D eigenvalue weighted by atomic mass is 32.2. The maximum Gasteiger partial charge on any atom is 0.342 e. The van der Waals surface area contributed by atoms with E-state index in [0.29, 0.717) is 51.3 Å². The number of anilines is 1. The van der Waals surface area contributed by atoms with Gasteiger partial charge in [0, 0.05) is 5.39 Å². The zero-order valence-corrected chi connectivity index (χ0v) is 20.4. The first-order valence-corrected chi connectivity index (χ1v) is 12.3. The van der Waals surface area contributed by atoms with E-state index in [1.807, 2.05) is 19.1 Å². The molecule has 0 saturated heterocycles. The average molecular weight is 458 g/mol. The summed E-state index contributed by atoms with van der Waals surface area (Å²) in [6.45, 7) is 11.4. The Bertz CT molecular complexity index is 1250. The Hall–Kier alpha value is -2.80. The number of carbonyl (C=O) groups is 1. The minimum absolute atomic E-state index is 0.265. The molecule has 1 N–H and O–H groups in total. The van der Waals surface area contributed by atoms with Crippen LogP contribution in [0, 0.1) is 34.6 Å². The summed E-state index contributed by atoms with van der Waals surface area (Å²) in [6.07, 6.45) is 2.83. The van der Waals surface area contributed by atoms with Gasteiger partial charge in [-0.15, -0.1) is 0 Å². The van der Waals surface area contributed by atoms with Gasteiger partial charge in [-0.25, -0.2) is 13.2 Å². The molecule has 32 heavy (non-hydrogen) atoms. The van der Waals surface area contributed by atoms with Crippen LogP contribution in [0.15, 0.2) is 33.6 Å². The molecule has 0 spiro atoms. The number of hydrogen-bond acceptors (Lipinski definition) is 5. The van der Waals surface area contributed by atoms with Crippen LogP contribution in [-0.4, -0.2) is 21.0 Å². The third kappa shape index (κ3) is 4.83. The normalized spacial score (nSPS) is 11.7. The number of aryl methyl sites for hydroxylation is 5. The van der Waals surface area contributed by atoms with Gasteiger partial charge in [0.05, 0.1) is 17.2 Å². The summed E-state index contributed by atoms with van der Waals surface area (Å²) in [5, 5.41) is 0.531. The Morgan fingerprint density at radius 3 is 2.25 bits per heavy atom. The molecular weight excluding hydrogens is 426 g/mol. The second-order valence-corrected chi connectivity index (χ2v) is 9.99. The average Bonchev–Trinajstić information content (AvgIpc) is 2.98. The van der Waals surface area contributed by atoms with Crippen molar-refractivity contribution in [3.63, 3.8) is 0 Å². The van der Waals surface area contributed by atoms with E-state index in [1.165, 1.54) is 0 Å². The molecule has 1 heterocycles. The van der Waals surface area contributed by atoms with Crippen LogP contribution in [0.3, 0.4) is 0 Å². The Balaban J connectivity index is 1.99. The number of sulfonamides is 1. The van der Waals surface area contributed by atoms with Crippen molar-refractivity contribution in [2.45, 2.75) is 65.7 Å². The molecule has 0 bridgehead atoms. The monoisotopic (exact) mass is 457 g/mol. The first-order valence-electron chi connectivity index (χ1n) is 10.9. The number of nitrogens with one attached hydrogen (secondary N) is 1. The highest BCUT2D eigenvalue weighted by Crippen LogP contribution is 2.33. The second kappa shape index (κ2) is 9.36. The van der Waals surface area contributed by atoms with E-state index < -0.39 is 16.0 Å². The maximum absolute atomic E-state index is 13.2. The van der Waals surface area contributed by atoms with Crippen molar-refractivity contribution >= 4 is 32.6 Å². The fourth-order valence-electron chi connectivity index (χ4n) is 4.11. The molecule has 7 heteroatoms. The lowest BCUT2D eigenvalue weighted by molar-refractivity contribution is 0.0498. The van der Waals surface area contributed by atoms with Crippen molar-refractivity contribution < 1.29 is 22.4 Å². The molecule has 0 saturated carbocycles. The van der Waals surface area contributed by atoms with Crippen LogP contribution in [0.1, 0.15) is 64.6 Å². The molecule has 0 amide bonds. The quantitative estimate of drug-likeness (QED) is 0.325. The van der Waals surface area contributed by atoms with E-state index in [-0.39, 0.29) is 4.90 Å². The van der Waals surface area contributed by atoms with Gasteiger partial charge < -0.3 is 9.15 Å². The third-order valence-electron chi connectivity index (χ3n) is 5.51. The standard InChI is InChI=1S/C25H31NO5S/c1-7-8-9-10-30-25(27)23-19(6)31-22-13-16(3)21(14-20(22)23)26-32(28,29)24-17(4)11-15(2)12-18(24)5/h11-14,26H,7-10H2,1-6H3. The summed E-state index contributed by atoms with van der Waals surface area (Å²) < 4.78 is 40.4. The van der Waals surface area contributed by atoms with E-state index in [0.717, 1.165) is 24.8 Å². The topological polar surface area (TPSA) is 85.6 Å². The summed E-state index contributed by atoms with van der Waals surface area (Å²) in [7, 11) is -3.83. The van der Waals surface area contributed by atoms with Crippen LogP contribution in [-0.2, 0) is 14.8 Å². The number of furan rings is 1. The van der Waals surface area contributed by atoms with Crippen molar-refractivity contribution in [1.29, 1.82) is 0 Å². The maximum atomic E-state index is 13.2. The van der Waals surface area contributed by atoms with E-state index in [1.54, 1.807) is 39.8 Å². The number of esters is 1. The van der Waals surface area contributed by atoms with Gasteiger partial charge in [0.15, 0.2) is 0 Å². The molecule has 172 valence electrons. The van der Waals surface area contributed by atoms with E-state index in [2.05, 4.69) is 11.6 Å². The van der Waals surface area contributed by atoms with Gasteiger partial charge in [-0.2, -0.15) is 0 Å². The summed E-state index contributed by atoms with van der Waals surface area (Å²) in [4.78, 5) is 13.0. The smallest absolute Gasteiger partial charge is 0.342 e. The summed E-state index contributed by atoms with van der Waals surface area (Å²) in [6, 6.07) is 7.09. The van der Waals surface area contributed by atoms with Gasteiger partial charge in [-0.1, -0.05) is 37.5 Å². The van der Waals surface area contributed by atoms with Crippen LogP contribution >= 0.6 is 0 Å². The van der Waals surface area contributed by atoms with Gasteiger partial charge in [0.2, 0.25) is 0 Å².